The molecule has 8 atom stereocenters. The molecule has 0 aromatic carbocycles. The lowest BCUT2D eigenvalue weighted by Gasteiger charge is -2.57. The lowest BCUT2D eigenvalue weighted by molar-refractivity contribution is -0.194. The number of aliphatic hydroxyl groups is 3. The standard InChI is InChI=1S/C24H34O8/c1-10-14-8-15-20(29)19(28)11(2)18(23(15,5)6)21(30)22(32-13(4)26)24(14,7)17(9-16(10)27)31-12(3)25/h14-17,19-20,22,27-29H,1,8-9H2,2-7H3. The molecule has 2 bridgehead atoms. The van der Waals surface area contributed by atoms with Crippen LogP contribution in [0.3, 0.4) is 0 Å². The number of hydrogen-bond donors (Lipinski definition) is 3. The molecule has 8 unspecified atom stereocenters. The highest BCUT2D eigenvalue weighted by molar-refractivity contribution is 6.02. The molecule has 0 heterocycles. The van der Waals surface area contributed by atoms with Gasteiger partial charge in [-0.1, -0.05) is 27.4 Å². The summed E-state index contributed by atoms with van der Waals surface area (Å²) in [6.45, 7) is 13.5. The van der Waals surface area contributed by atoms with Gasteiger partial charge in [0.2, 0.25) is 5.78 Å². The number of carbonyl (C=O) groups excluding carboxylic acids is 3. The Kier molecular flexibility index (Phi) is 6.21. The highest BCUT2D eigenvalue weighted by Gasteiger charge is 2.64. The highest BCUT2D eigenvalue weighted by Crippen LogP contribution is 2.59. The van der Waals surface area contributed by atoms with Gasteiger partial charge in [0, 0.05) is 25.8 Å². The molecular formula is C24H34O8. The third-order valence-corrected chi connectivity index (χ3v) is 8.03. The van der Waals surface area contributed by atoms with E-state index in [4.69, 9.17) is 9.47 Å². The van der Waals surface area contributed by atoms with Gasteiger partial charge in [-0.25, -0.2) is 0 Å². The van der Waals surface area contributed by atoms with Gasteiger partial charge in [-0.05, 0) is 41.7 Å². The van der Waals surface area contributed by atoms with E-state index in [1.165, 1.54) is 13.8 Å². The zero-order valence-electron chi connectivity index (χ0n) is 19.5. The zero-order valence-corrected chi connectivity index (χ0v) is 19.5. The fraction of sp³-hybridized carbons (Fsp3) is 0.708. The number of aliphatic hydroxyl groups excluding tert-OH is 3. The van der Waals surface area contributed by atoms with Crippen LogP contribution in [-0.4, -0.2) is 63.6 Å². The SMILES string of the molecule is C=C1C(O)CC(OC(C)=O)C2(C)C1CC1C(O)C(O)C(C)=C(C(=O)C2OC(C)=O)C1(C)C. The van der Waals surface area contributed by atoms with E-state index in [0.29, 0.717) is 16.7 Å². The van der Waals surface area contributed by atoms with Crippen LogP contribution in [0.4, 0.5) is 0 Å². The maximum atomic E-state index is 14.0. The number of Topliss-reactive ketones (excluding diaryl/α,β-unsaturated/α-hetero) is 1. The average Bonchev–Trinajstić information content (AvgIpc) is 2.66. The number of ether oxygens (including phenoxy) is 2. The van der Waals surface area contributed by atoms with Crippen LogP contribution in [0, 0.1) is 22.7 Å². The fourth-order valence-corrected chi connectivity index (χ4v) is 6.30. The van der Waals surface area contributed by atoms with Gasteiger partial charge in [-0.2, -0.15) is 0 Å². The summed E-state index contributed by atoms with van der Waals surface area (Å²) in [4.78, 5) is 38.1. The Morgan fingerprint density at radius 2 is 1.59 bits per heavy atom. The minimum absolute atomic E-state index is 0.00766. The molecule has 3 aliphatic carbocycles. The van der Waals surface area contributed by atoms with Gasteiger partial charge in [0.25, 0.3) is 0 Å². The lowest BCUT2D eigenvalue weighted by Crippen LogP contribution is -2.64. The first kappa shape index (κ1) is 24.6. The van der Waals surface area contributed by atoms with E-state index in [0.717, 1.165) is 0 Å². The van der Waals surface area contributed by atoms with Crippen molar-refractivity contribution in [3.8, 4) is 0 Å². The van der Waals surface area contributed by atoms with Crippen LogP contribution in [0.5, 0.6) is 0 Å². The molecule has 0 spiro atoms. The molecule has 3 N–H and O–H groups in total. The molecule has 0 aromatic rings. The number of rotatable bonds is 2. The largest absolute Gasteiger partial charge is 0.462 e. The summed E-state index contributed by atoms with van der Waals surface area (Å²) in [5.74, 6) is -2.94. The van der Waals surface area contributed by atoms with Crippen molar-refractivity contribution >= 4 is 17.7 Å². The topological polar surface area (TPSA) is 130 Å². The Morgan fingerprint density at radius 3 is 2.12 bits per heavy atom. The molecule has 2 saturated carbocycles. The van der Waals surface area contributed by atoms with Crippen molar-refractivity contribution in [3.05, 3.63) is 23.3 Å². The van der Waals surface area contributed by atoms with Crippen LogP contribution in [0.15, 0.2) is 23.3 Å². The first-order valence-corrected chi connectivity index (χ1v) is 11.0. The monoisotopic (exact) mass is 450 g/mol. The molecule has 32 heavy (non-hydrogen) atoms. The molecule has 3 aliphatic rings. The van der Waals surface area contributed by atoms with Crippen molar-refractivity contribution < 1.29 is 39.2 Å². The van der Waals surface area contributed by atoms with E-state index in [1.54, 1.807) is 13.8 Å². The van der Waals surface area contributed by atoms with Crippen LogP contribution in [-0.2, 0) is 23.9 Å². The van der Waals surface area contributed by atoms with Crippen molar-refractivity contribution in [1.29, 1.82) is 0 Å². The summed E-state index contributed by atoms with van der Waals surface area (Å²) >= 11 is 0. The van der Waals surface area contributed by atoms with Crippen LogP contribution in [0.2, 0.25) is 0 Å². The van der Waals surface area contributed by atoms with Gasteiger partial charge in [0.1, 0.15) is 12.2 Å². The van der Waals surface area contributed by atoms with Crippen molar-refractivity contribution in [2.45, 2.75) is 84.9 Å². The number of ketones is 1. The van der Waals surface area contributed by atoms with Crippen LogP contribution < -0.4 is 0 Å². The summed E-state index contributed by atoms with van der Waals surface area (Å²) in [6.07, 6.45) is -5.40. The summed E-state index contributed by atoms with van der Waals surface area (Å²) in [6, 6.07) is 0. The normalized spacial score (nSPS) is 41.3. The Labute approximate surface area is 188 Å². The smallest absolute Gasteiger partial charge is 0.303 e. The Balaban J connectivity index is 2.32. The van der Waals surface area contributed by atoms with Crippen molar-refractivity contribution in [2.75, 3.05) is 0 Å². The Bertz CT molecular complexity index is 886. The van der Waals surface area contributed by atoms with Gasteiger partial charge in [-0.3, -0.25) is 14.4 Å². The first-order valence-electron chi connectivity index (χ1n) is 11.0. The van der Waals surface area contributed by atoms with Crippen molar-refractivity contribution in [3.63, 3.8) is 0 Å². The van der Waals surface area contributed by atoms with Gasteiger partial charge in [0.15, 0.2) is 6.10 Å². The second kappa shape index (κ2) is 8.08. The second-order valence-electron chi connectivity index (χ2n) is 10.3. The molecule has 8 nitrogen and oxygen atoms in total. The van der Waals surface area contributed by atoms with Gasteiger partial charge in [-0.15, -0.1) is 0 Å². The molecule has 2 fully saturated rings. The second-order valence-corrected chi connectivity index (χ2v) is 10.3. The van der Waals surface area contributed by atoms with E-state index < -0.39 is 70.9 Å². The Hall–Kier alpha value is -2.03. The molecule has 0 aromatic heterocycles. The maximum absolute atomic E-state index is 14.0. The van der Waals surface area contributed by atoms with E-state index in [2.05, 4.69) is 6.58 Å². The quantitative estimate of drug-likeness (QED) is 0.426. The summed E-state index contributed by atoms with van der Waals surface area (Å²) in [7, 11) is 0. The van der Waals surface area contributed by atoms with Crippen LogP contribution in [0.1, 0.15) is 54.4 Å². The van der Waals surface area contributed by atoms with Gasteiger partial charge >= 0.3 is 11.9 Å². The van der Waals surface area contributed by atoms with Crippen LogP contribution in [0.25, 0.3) is 0 Å². The fourth-order valence-electron chi connectivity index (χ4n) is 6.30. The minimum Gasteiger partial charge on any atom is -0.462 e. The number of hydrogen-bond acceptors (Lipinski definition) is 8. The average molecular weight is 451 g/mol. The molecule has 178 valence electrons. The predicted molar refractivity (Wildman–Crippen MR) is 114 cm³/mol. The number of esters is 2. The van der Waals surface area contributed by atoms with E-state index in [9.17, 15) is 29.7 Å². The maximum Gasteiger partial charge on any atom is 0.303 e. The van der Waals surface area contributed by atoms with Gasteiger partial charge < -0.3 is 24.8 Å². The summed E-state index contributed by atoms with van der Waals surface area (Å²) in [5.41, 5.74) is -1.01. The molecule has 0 aliphatic heterocycles. The minimum atomic E-state index is -1.33. The zero-order chi connectivity index (χ0) is 24.3. The number of carbonyl (C=O) groups is 3. The number of fused-ring (bicyclic) bond motifs is 3. The predicted octanol–water partition coefficient (Wildman–Crippen LogP) is 1.46. The third-order valence-electron chi connectivity index (χ3n) is 8.03. The van der Waals surface area contributed by atoms with E-state index in [1.807, 2.05) is 13.8 Å². The van der Waals surface area contributed by atoms with Crippen molar-refractivity contribution in [1.82, 2.24) is 0 Å². The van der Waals surface area contributed by atoms with Crippen LogP contribution >= 0.6 is 0 Å². The molecule has 8 heteroatoms. The third kappa shape index (κ3) is 3.53. The molecule has 3 rings (SSSR count). The van der Waals surface area contributed by atoms with E-state index >= 15 is 0 Å². The van der Waals surface area contributed by atoms with Gasteiger partial charge in [0.05, 0.1) is 17.6 Å². The molecule has 0 amide bonds. The Morgan fingerprint density at radius 1 is 1.03 bits per heavy atom. The lowest BCUT2D eigenvalue weighted by atomic mass is 9.49. The van der Waals surface area contributed by atoms with E-state index in [-0.39, 0.29) is 12.8 Å². The summed E-state index contributed by atoms with van der Waals surface area (Å²) < 4.78 is 11.2. The molecule has 0 radical (unpaired) electrons. The van der Waals surface area contributed by atoms with Crippen molar-refractivity contribution in [2.24, 2.45) is 22.7 Å². The summed E-state index contributed by atoms with van der Waals surface area (Å²) in [5, 5.41) is 32.4. The molecule has 0 saturated heterocycles. The molecular weight excluding hydrogens is 416 g/mol. The highest BCUT2D eigenvalue weighted by atomic mass is 16.6. The first-order chi connectivity index (χ1) is 14.6.